The maximum Gasteiger partial charge on any atom is 0.209 e. The molecule has 0 spiro atoms. The minimum Gasteiger partial charge on any atom is -0.329 e. The van der Waals surface area contributed by atoms with Crippen LogP contribution in [0.4, 0.5) is 5.95 Å². The Morgan fingerprint density at radius 2 is 1.81 bits per heavy atom. The summed E-state index contributed by atoms with van der Waals surface area (Å²) in [5.74, 6) is 1.34. The maximum atomic E-state index is 12.5. The van der Waals surface area contributed by atoms with Crippen LogP contribution in [0.1, 0.15) is 50.8 Å². The van der Waals surface area contributed by atoms with Gasteiger partial charge in [0.15, 0.2) is 5.78 Å². The molecule has 26 heavy (non-hydrogen) atoms. The topological polar surface area (TPSA) is 46.9 Å². The number of carbonyl (C=O) groups excluding carboxylic acids is 1. The number of nitrogens with one attached hydrogen (secondary N) is 1. The smallest absolute Gasteiger partial charge is 0.209 e. The first-order chi connectivity index (χ1) is 12.5. The van der Waals surface area contributed by atoms with Crippen LogP contribution in [0.2, 0.25) is 0 Å². The number of hydrogen-bond donors (Lipinski definition) is 1. The number of ketones is 1. The van der Waals surface area contributed by atoms with E-state index in [4.69, 9.17) is 4.98 Å². The number of para-hydroxylation sites is 2. The van der Waals surface area contributed by atoms with Crippen LogP contribution in [-0.2, 0) is 4.79 Å². The molecule has 2 aromatic carbocycles. The van der Waals surface area contributed by atoms with Crippen LogP contribution in [0.15, 0.2) is 59.8 Å². The number of imidazole rings is 1. The van der Waals surface area contributed by atoms with Crippen LogP contribution in [0.3, 0.4) is 0 Å². The molecule has 0 saturated carbocycles. The molecule has 1 aromatic heterocycles. The van der Waals surface area contributed by atoms with Crippen molar-refractivity contribution in [3.8, 4) is 0 Å². The van der Waals surface area contributed by atoms with E-state index in [1.165, 1.54) is 5.56 Å². The summed E-state index contributed by atoms with van der Waals surface area (Å²) in [6.07, 6.45) is 0. The van der Waals surface area contributed by atoms with Crippen molar-refractivity contribution in [3.05, 3.63) is 70.9 Å². The van der Waals surface area contributed by atoms with Crippen molar-refractivity contribution in [3.63, 3.8) is 0 Å². The van der Waals surface area contributed by atoms with Gasteiger partial charge < -0.3 is 5.32 Å². The van der Waals surface area contributed by atoms with Gasteiger partial charge in [0.1, 0.15) is 0 Å². The van der Waals surface area contributed by atoms with Gasteiger partial charge in [-0.3, -0.25) is 9.36 Å². The molecule has 0 unspecified atom stereocenters. The lowest BCUT2D eigenvalue weighted by molar-refractivity contribution is -0.114. The third kappa shape index (κ3) is 2.53. The van der Waals surface area contributed by atoms with E-state index < -0.39 is 0 Å². The molecule has 0 fully saturated rings. The Bertz CT molecular complexity index is 1030. The van der Waals surface area contributed by atoms with Gasteiger partial charge in [0, 0.05) is 11.3 Å². The molecule has 4 heteroatoms. The van der Waals surface area contributed by atoms with Gasteiger partial charge in [-0.25, -0.2) is 4.98 Å². The predicted molar refractivity (Wildman–Crippen MR) is 105 cm³/mol. The van der Waals surface area contributed by atoms with Crippen LogP contribution < -0.4 is 5.32 Å². The third-order valence-corrected chi connectivity index (χ3v) is 5.13. The van der Waals surface area contributed by atoms with Crippen molar-refractivity contribution in [1.82, 2.24) is 9.55 Å². The number of fused-ring (bicyclic) bond motifs is 3. The largest absolute Gasteiger partial charge is 0.329 e. The maximum absolute atomic E-state index is 12.5. The molecular formula is C22H23N3O. The number of aromatic nitrogens is 2. The molecule has 1 N–H and O–H groups in total. The minimum atomic E-state index is -0.169. The van der Waals surface area contributed by atoms with Crippen molar-refractivity contribution in [1.29, 1.82) is 0 Å². The Morgan fingerprint density at radius 1 is 1.12 bits per heavy atom. The van der Waals surface area contributed by atoms with Crippen LogP contribution in [-0.4, -0.2) is 15.3 Å². The lowest BCUT2D eigenvalue weighted by Crippen LogP contribution is -2.27. The van der Waals surface area contributed by atoms with Gasteiger partial charge in [-0.05, 0) is 43.0 Å². The molecule has 1 aliphatic heterocycles. The molecule has 1 atom stereocenters. The van der Waals surface area contributed by atoms with Gasteiger partial charge in [0.2, 0.25) is 5.95 Å². The van der Waals surface area contributed by atoms with E-state index >= 15 is 0 Å². The quantitative estimate of drug-likeness (QED) is 0.723. The molecule has 1 aliphatic rings. The molecule has 2 heterocycles. The highest BCUT2D eigenvalue weighted by Gasteiger charge is 2.32. The van der Waals surface area contributed by atoms with Gasteiger partial charge >= 0.3 is 0 Å². The highest BCUT2D eigenvalue weighted by atomic mass is 16.1. The fraction of sp³-hybridized carbons (Fsp3) is 0.273. The average Bonchev–Trinajstić information content (AvgIpc) is 2.98. The number of Topliss-reactive ketones (excluding diaryl/α,β-unsaturated/α-hetero) is 1. The molecule has 132 valence electrons. The fourth-order valence-corrected chi connectivity index (χ4v) is 3.80. The lowest BCUT2D eigenvalue weighted by Gasteiger charge is -2.30. The normalized spacial score (nSPS) is 16.7. The van der Waals surface area contributed by atoms with E-state index in [2.05, 4.69) is 54.1 Å². The van der Waals surface area contributed by atoms with Crippen LogP contribution in [0, 0.1) is 0 Å². The van der Waals surface area contributed by atoms with E-state index in [1.54, 1.807) is 6.92 Å². The fourth-order valence-electron chi connectivity index (χ4n) is 3.80. The number of nitrogens with zero attached hydrogens (tertiary/aromatic N) is 2. The van der Waals surface area contributed by atoms with Gasteiger partial charge in [0.05, 0.1) is 17.1 Å². The van der Waals surface area contributed by atoms with E-state index in [9.17, 15) is 4.79 Å². The number of hydrogen-bond acceptors (Lipinski definition) is 3. The first-order valence-electron chi connectivity index (χ1n) is 9.03. The van der Waals surface area contributed by atoms with Crippen molar-refractivity contribution < 1.29 is 4.79 Å². The monoisotopic (exact) mass is 345 g/mol. The Kier molecular flexibility index (Phi) is 3.91. The molecule has 0 saturated heterocycles. The zero-order valence-electron chi connectivity index (χ0n) is 15.6. The second-order valence-corrected chi connectivity index (χ2v) is 7.24. The average molecular weight is 345 g/mol. The number of allylic oxidation sites excluding steroid dienone is 2. The van der Waals surface area contributed by atoms with Gasteiger partial charge in [-0.15, -0.1) is 0 Å². The summed E-state index contributed by atoms with van der Waals surface area (Å²) >= 11 is 0. The number of benzene rings is 2. The van der Waals surface area contributed by atoms with Gasteiger partial charge in [-0.1, -0.05) is 50.2 Å². The third-order valence-electron chi connectivity index (χ3n) is 5.13. The molecule has 0 amide bonds. The van der Waals surface area contributed by atoms with Crippen LogP contribution >= 0.6 is 0 Å². The van der Waals surface area contributed by atoms with Crippen molar-refractivity contribution >= 4 is 22.8 Å². The second-order valence-electron chi connectivity index (χ2n) is 7.24. The van der Waals surface area contributed by atoms with Crippen molar-refractivity contribution in [2.24, 2.45) is 0 Å². The van der Waals surface area contributed by atoms with E-state index in [1.807, 2.05) is 25.1 Å². The summed E-state index contributed by atoms with van der Waals surface area (Å²) < 4.78 is 2.14. The molecule has 3 aromatic rings. The van der Waals surface area contributed by atoms with Gasteiger partial charge in [-0.2, -0.15) is 0 Å². The number of anilines is 1. The predicted octanol–water partition coefficient (Wildman–Crippen LogP) is 5.04. The summed E-state index contributed by atoms with van der Waals surface area (Å²) in [5.41, 5.74) is 6.01. The standard InChI is InChI=1S/C22H23N3O/c1-13(2)16-9-11-17(12-10-16)21-20(15(4)26)14(3)23-22-24-18-7-5-6-8-19(18)25(21)22/h5-13,21H,1-4H3,(H,23,24)/t21-/m0/s1. The van der Waals surface area contributed by atoms with Crippen molar-refractivity contribution in [2.75, 3.05) is 5.32 Å². The Hall–Kier alpha value is -2.88. The second kappa shape index (κ2) is 6.13. The Morgan fingerprint density at radius 3 is 2.46 bits per heavy atom. The SMILES string of the molecule is CC(=O)C1=C(C)Nc2nc3ccccc3n2[C@H]1c1ccc(C(C)C)cc1. The molecular weight excluding hydrogens is 322 g/mol. The molecule has 4 nitrogen and oxygen atoms in total. The lowest BCUT2D eigenvalue weighted by atomic mass is 9.91. The van der Waals surface area contributed by atoms with E-state index in [0.717, 1.165) is 33.8 Å². The zero-order valence-corrected chi connectivity index (χ0v) is 15.6. The minimum absolute atomic E-state index is 0.0800. The molecule has 4 rings (SSSR count). The highest BCUT2D eigenvalue weighted by molar-refractivity contribution is 5.97. The Balaban J connectivity index is 1.96. The Labute approximate surface area is 153 Å². The van der Waals surface area contributed by atoms with Crippen molar-refractivity contribution in [2.45, 2.75) is 39.7 Å². The molecule has 0 radical (unpaired) electrons. The zero-order chi connectivity index (χ0) is 18.4. The molecule has 0 aliphatic carbocycles. The summed E-state index contributed by atoms with van der Waals surface area (Å²) in [4.78, 5) is 17.2. The van der Waals surface area contributed by atoms with E-state index in [-0.39, 0.29) is 11.8 Å². The summed E-state index contributed by atoms with van der Waals surface area (Å²) in [6, 6.07) is 16.5. The summed E-state index contributed by atoms with van der Waals surface area (Å²) in [5, 5.41) is 3.32. The van der Waals surface area contributed by atoms with Crippen LogP contribution in [0.5, 0.6) is 0 Å². The molecule has 0 bridgehead atoms. The number of carbonyl (C=O) groups is 1. The summed E-state index contributed by atoms with van der Waals surface area (Å²) in [6.45, 7) is 7.97. The first kappa shape index (κ1) is 16.6. The summed E-state index contributed by atoms with van der Waals surface area (Å²) in [7, 11) is 0. The first-order valence-corrected chi connectivity index (χ1v) is 9.03. The van der Waals surface area contributed by atoms with E-state index in [0.29, 0.717) is 5.92 Å². The van der Waals surface area contributed by atoms with Gasteiger partial charge in [0.25, 0.3) is 0 Å². The highest BCUT2D eigenvalue weighted by Crippen LogP contribution is 2.39. The number of rotatable bonds is 3. The van der Waals surface area contributed by atoms with Crippen LogP contribution in [0.25, 0.3) is 11.0 Å².